The first-order valence-electron chi connectivity index (χ1n) is 4.79. The van der Waals surface area contributed by atoms with Crippen molar-refractivity contribution >= 4 is 17.3 Å². The molecule has 0 saturated heterocycles. The van der Waals surface area contributed by atoms with Gasteiger partial charge in [-0.25, -0.2) is 0 Å². The van der Waals surface area contributed by atoms with Crippen LogP contribution >= 0.6 is 0 Å². The number of hydrogen-bond acceptors (Lipinski definition) is 2. The summed E-state index contributed by atoms with van der Waals surface area (Å²) in [4.78, 5) is 11.3. The zero-order valence-corrected chi connectivity index (χ0v) is 8.63. The Morgan fingerprint density at radius 1 is 1.50 bits per heavy atom. The second kappa shape index (κ2) is 4.65. The maximum absolute atomic E-state index is 11.3. The monoisotopic (exact) mass is 192 g/mol. The SMILES string of the molecule is CCCC(=O)Nc1ccc(N)c(C)c1. The van der Waals surface area contributed by atoms with Gasteiger partial charge >= 0.3 is 0 Å². The summed E-state index contributed by atoms with van der Waals surface area (Å²) in [5.74, 6) is 0.0525. The lowest BCUT2D eigenvalue weighted by molar-refractivity contribution is -0.116. The van der Waals surface area contributed by atoms with E-state index in [1.54, 1.807) is 6.07 Å². The standard InChI is InChI=1S/C11H16N2O/c1-3-4-11(14)13-9-5-6-10(12)8(2)7-9/h5-7H,3-4,12H2,1-2H3,(H,13,14). The molecule has 76 valence electrons. The number of nitrogen functional groups attached to an aromatic ring is 1. The van der Waals surface area contributed by atoms with E-state index in [2.05, 4.69) is 5.32 Å². The van der Waals surface area contributed by atoms with Gasteiger partial charge in [0.25, 0.3) is 0 Å². The maximum Gasteiger partial charge on any atom is 0.224 e. The van der Waals surface area contributed by atoms with E-state index in [4.69, 9.17) is 5.73 Å². The van der Waals surface area contributed by atoms with Crippen LogP contribution in [-0.2, 0) is 4.79 Å². The highest BCUT2D eigenvalue weighted by Crippen LogP contribution is 2.16. The lowest BCUT2D eigenvalue weighted by Crippen LogP contribution is -2.10. The van der Waals surface area contributed by atoms with Crippen LogP contribution in [-0.4, -0.2) is 5.91 Å². The minimum Gasteiger partial charge on any atom is -0.399 e. The van der Waals surface area contributed by atoms with Crippen LogP contribution in [0, 0.1) is 6.92 Å². The van der Waals surface area contributed by atoms with Gasteiger partial charge in [0.15, 0.2) is 0 Å². The molecule has 0 atom stereocenters. The van der Waals surface area contributed by atoms with Crippen LogP contribution in [0.4, 0.5) is 11.4 Å². The molecule has 0 unspecified atom stereocenters. The van der Waals surface area contributed by atoms with Gasteiger partial charge in [0.2, 0.25) is 5.91 Å². The smallest absolute Gasteiger partial charge is 0.224 e. The number of carbonyl (C=O) groups excluding carboxylic acids is 1. The Bertz CT molecular complexity index is 334. The van der Waals surface area contributed by atoms with Crippen molar-refractivity contribution in [1.29, 1.82) is 0 Å². The number of nitrogens with one attached hydrogen (secondary N) is 1. The van der Waals surface area contributed by atoms with E-state index in [0.717, 1.165) is 23.4 Å². The molecule has 3 heteroatoms. The van der Waals surface area contributed by atoms with E-state index in [-0.39, 0.29) is 5.91 Å². The van der Waals surface area contributed by atoms with Crippen LogP contribution in [0.1, 0.15) is 25.3 Å². The molecule has 14 heavy (non-hydrogen) atoms. The molecule has 0 aliphatic carbocycles. The second-order valence-corrected chi connectivity index (χ2v) is 3.37. The van der Waals surface area contributed by atoms with Gasteiger partial charge in [-0.05, 0) is 37.1 Å². The van der Waals surface area contributed by atoms with Crippen LogP contribution < -0.4 is 11.1 Å². The average molecular weight is 192 g/mol. The van der Waals surface area contributed by atoms with Gasteiger partial charge in [0.05, 0.1) is 0 Å². The number of anilines is 2. The highest BCUT2D eigenvalue weighted by atomic mass is 16.1. The molecular formula is C11H16N2O. The Kier molecular flexibility index (Phi) is 3.51. The van der Waals surface area contributed by atoms with Crippen molar-refractivity contribution in [2.45, 2.75) is 26.7 Å². The summed E-state index contributed by atoms with van der Waals surface area (Å²) in [5, 5.41) is 2.82. The van der Waals surface area contributed by atoms with Gasteiger partial charge in [-0.3, -0.25) is 4.79 Å². The molecule has 0 aliphatic rings. The van der Waals surface area contributed by atoms with Crippen molar-refractivity contribution in [3.8, 4) is 0 Å². The largest absolute Gasteiger partial charge is 0.399 e. The van der Waals surface area contributed by atoms with Crippen molar-refractivity contribution in [3.63, 3.8) is 0 Å². The van der Waals surface area contributed by atoms with E-state index < -0.39 is 0 Å². The van der Waals surface area contributed by atoms with Gasteiger partial charge in [0, 0.05) is 17.8 Å². The normalized spacial score (nSPS) is 9.86. The number of aryl methyl sites for hydroxylation is 1. The third-order valence-electron chi connectivity index (χ3n) is 2.03. The van der Waals surface area contributed by atoms with Crippen molar-refractivity contribution in [3.05, 3.63) is 23.8 Å². The quantitative estimate of drug-likeness (QED) is 0.722. The third-order valence-corrected chi connectivity index (χ3v) is 2.03. The fourth-order valence-corrected chi connectivity index (χ4v) is 1.20. The van der Waals surface area contributed by atoms with Gasteiger partial charge in [-0.2, -0.15) is 0 Å². The zero-order chi connectivity index (χ0) is 10.6. The van der Waals surface area contributed by atoms with Crippen molar-refractivity contribution in [1.82, 2.24) is 0 Å². The topological polar surface area (TPSA) is 55.1 Å². The number of rotatable bonds is 3. The van der Waals surface area contributed by atoms with Gasteiger partial charge in [-0.1, -0.05) is 6.92 Å². The Morgan fingerprint density at radius 2 is 2.21 bits per heavy atom. The van der Waals surface area contributed by atoms with Crippen LogP contribution in [0.5, 0.6) is 0 Å². The highest BCUT2D eigenvalue weighted by Gasteiger charge is 2.01. The first kappa shape index (κ1) is 10.6. The predicted octanol–water partition coefficient (Wildman–Crippen LogP) is 2.32. The molecule has 0 radical (unpaired) electrons. The molecule has 0 heterocycles. The van der Waals surface area contributed by atoms with E-state index >= 15 is 0 Å². The molecule has 0 aliphatic heterocycles. The fourth-order valence-electron chi connectivity index (χ4n) is 1.20. The number of nitrogens with two attached hydrogens (primary N) is 1. The maximum atomic E-state index is 11.3. The van der Waals surface area contributed by atoms with Crippen molar-refractivity contribution in [2.24, 2.45) is 0 Å². The molecule has 0 saturated carbocycles. The van der Waals surface area contributed by atoms with Crippen LogP contribution in [0.3, 0.4) is 0 Å². The summed E-state index contributed by atoms with van der Waals surface area (Å²) in [6.07, 6.45) is 1.42. The minimum absolute atomic E-state index is 0.0525. The summed E-state index contributed by atoms with van der Waals surface area (Å²) in [6.45, 7) is 3.90. The molecule has 1 aromatic rings. The van der Waals surface area contributed by atoms with Crippen LogP contribution in [0.15, 0.2) is 18.2 Å². The Hall–Kier alpha value is -1.51. The summed E-state index contributed by atoms with van der Waals surface area (Å²) in [6, 6.07) is 5.50. The van der Waals surface area contributed by atoms with Crippen LogP contribution in [0.25, 0.3) is 0 Å². The van der Waals surface area contributed by atoms with E-state index in [1.165, 1.54) is 0 Å². The van der Waals surface area contributed by atoms with Gasteiger partial charge in [0.1, 0.15) is 0 Å². The lowest BCUT2D eigenvalue weighted by Gasteiger charge is -2.06. The molecule has 3 nitrogen and oxygen atoms in total. The molecular weight excluding hydrogens is 176 g/mol. The average Bonchev–Trinajstić information content (AvgIpc) is 2.12. The first-order valence-corrected chi connectivity index (χ1v) is 4.79. The van der Waals surface area contributed by atoms with Gasteiger partial charge < -0.3 is 11.1 Å². The minimum atomic E-state index is 0.0525. The number of hydrogen-bond donors (Lipinski definition) is 2. The molecule has 3 N–H and O–H groups in total. The van der Waals surface area contributed by atoms with E-state index in [9.17, 15) is 4.79 Å². The molecule has 1 amide bonds. The molecule has 0 spiro atoms. The fraction of sp³-hybridized carbons (Fsp3) is 0.364. The van der Waals surface area contributed by atoms with Crippen LogP contribution in [0.2, 0.25) is 0 Å². The molecule has 1 aromatic carbocycles. The Morgan fingerprint density at radius 3 is 2.79 bits per heavy atom. The summed E-state index contributed by atoms with van der Waals surface area (Å²) in [5.41, 5.74) is 8.21. The molecule has 1 rings (SSSR count). The molecule has 0 aromatic heterocycles. The molecule has 0 bridgehead atoms. The van der Waals surface area contributed by atoms with Gasteiger partial charge in [-0.15, -0.1) is 0 Å². The predicted molar refractivity (Wildman–Crippen MR) is 59.1 cm³/mol. The summed E-state index contributed by atoms with van der Waals surface area (Å²) in [7, 11) is 0. The summed E-state index contributed by atoms with van der Waals surface area (Å²) >= 11 is 0. The van der Waals surface area contributed by atoms with Crippen molar-refractivity contribution < 1.29 is 4.79 Å². The van der Waals surface area contributed by atoms with E-state index in [0.29, 0.717) is 6.42 Å². The van der Waals surface area contributed by atoms with Crippen molar-refractivity contribution in [2.75, 3.05) is 11.1 Å². The summed E-state index contributed by atoms with van der Waals surface area (Å²) < 4.78 is 0. The Labute approximate surface area is 84.3 Å². The molecule has 0 fully saturated rings. The number of carbonyl (C=O) groups is 1. The number of amides is 1. The second-order valence-electron chi connectivity index (χ2n) is 3.37. The lowest BCUT2D eigenvalue weighted by atomic mass is 10.2. The zero-order valence-electron chi connectivity index (χ0n) is 8.63. The highest BCUT2D eigenvalue weighted by molar-refractivity contribution is 5.90. The third kappa shape index (κ3) is 2.76. The Balaban J connectivity index is 2.68. The number of benzene rings is 1. The first-order chi connectivity index (χ1) is 6.63. The van der Waals surface area contributed by atoms with E-state index in [1.807, 2.05) is 26.0 Å².